The number of ether oxygens (including phenoxy) is 2. The lowest BCUT2D eigenvalue weighted by Gasteiger charge is -2.05. The van der Waals surface area contributed by atoms with Crippen LogP contribution in [0.4, 0.5) is 0 Å². The minimum atomic E-state index is -0.312. The van der Waals surface area contributed by atoms with Crippen LogP contribution in [0.25, 0.3) is 0 Å². The predicted molar refractivity (Wildman–Crippen MR) is 137 cm³/mol. The summed E-state index contributed by atoms with van der Waals surface area (Å²) in [5.74, 6) is -0.566. The van der Waals surface area contributed by atoms with Crippen molar-refractivity contribution in [3.8, 4) is 0 Å². The van der Waals surface area contributed by atoms with E-state index in [0.29, 0.717) is 24.4 Å². The molecule has 0 amide bonds. The second-order valence-electron chi connectivity index (χ2n) is 8.72. The van der Waals surface area contributed by atoms with Crippen molar-refractivity contribution >= 4 is 11.9 Å². The molecule has 4 heteroatoms. The van der Waals surface area contributed by atoms with Crippen molar-refractivity contribution in [2.75, 3.05) is 13.2 Å². The van der Waals surface area contributed by atoms with Crippen LogP contribution < -0.4 is 0 Å². The quantitative estimate of drug-likeness (QED) is 0.105. The third-order valence-corrected chi connectivity index (χ3v) is 5.20. The zero-order chi connectivity index (χ0) is 24.5. The molecular formula is C28H52O4. The molecule has 0 aliphatic rings. The lowest BCUT2D eigenvalue weighted by Crippen LogP contribution is -2.05. The van der Waals surface area contributed by atoms with Gasteiger partial charge in [0.25, 0.3) is 0 Å². The fraction of sp³-hybridized carbons (Fsp3) is 0.786. The molecule has 0 heterocycles. The van der Waals surface area contributed by atoms with Crippen LogP contribution in [-0.2, 0) is 19.1 Å². The van der Waals surface area contributed by atoms with Gasteiger partial charge < -0.3 is 9.47 Å². The number of unbranched alkanes of at least 4 members (excludes halogenated alkanes) is 15. The van der Waals surface area contributed by atoms with Gasteiger partial charge in [-0.25, -0.2) is 9.59 Å². The zero-order valence-electron chi connectivity index (χ0n) is 21.8. The Hall–Kier alpha value is -1.58. The highest BCUT2D eigenvalue weighted by atomic mass is 16.5. The molecule has 0 N–H and O–H groups in total. The van der Waals surface area contributed by atoms with E-state index in [2.05, 4.69) is 24.8 Å². The van der Waals surface area contributed by atoms with E-state index in [4.69, 9.17) is 4.74 Å². The molecule has 0 fully saturated rings. The first-order valence-corrected chi connectivity index (χ1v) is 13.0. The molecule has 4 nitrogen and oxygen atoms in total. The SMILES string of the molecule is C=C(C)C(=O)OCC.C=C(C)C(=O)OCCCCCCCCCCCCCCCCCC. The van der Waals surface area contributed by atoms with Crippen LogP contribution in [0, 0.1) is 0 Å². The smallest absolute Gasteiger partial charge is 0.333 e. The second-order valence-corrected chi connectivity index (χ2v) is 8.72. The summed E-state index contributed by atoms with van der Waals surface area (Å²) >= 11 is 0. The fourth-order valence-electron chi connectivity index (χ4n) is 3.19. The summed E-state index contributed by atoms with van der Waals surface area (Å²) in [7, 11) is 0. The van der Waals surface area contributed by atoms with Crippen LogP contribution in [0.1, 0.15) is 130 Å². The highest BCUT2D eigenvalue weighted by molar-refractivity contribution is 5.87. The molecule has 0 bridgehead atoms. The molecule has 188 valence electrons. The Labute approximate surface area is 199 Å². The zero-order valence-corrected chi connectivity index (χ0v) is 21.8. The second kappa shape index (κ2) is 25.7. The van der Waals surface area contributed by atoms with E-state index in [9.17, 15) is 9.59 Å². The molecule has 0 rings (SSSR count). The maximum Gasteiger partial charge on any atom is 0.333 e. The Bertz CT molecular complexity index is 482. The largest absolute Gasteiger partial charge is 0.463 e. The first-order chi connectivity index (χ1) is 15.4. The highest BCUT2D eigenvalue weighted by Crippen LogP contribution is 2.13. The lowest BCUT2D eigenvalue weighted by molar-refractivity contribution is -0.139. The Morgan fingerprint density at radius 2 is 0.844 bits per heavy atom. The van der Waals surface area contributed by atoms with E-state index in [-0.39, 0.29) is 11.9 Å². The molecular weight excluding hydrogens is 400 g/mol. The summed E-state index contributed by atoms with van der Waals surface area (Å²) in [4.78, 5) is 21.6. The summed E-state index contributed by atoms with van der Waals surface area (Å²) in [5.41, 5.74) is 0.943. The Morgan fingerprint density at radius 1 is 0.531 bits per heavy atom. The predicted octanol–water partition coefficient (Wildman–Crippen LogP) is 8.49. The van der Waals surface area contributed by atoms with Crippen LogP contribution in [0.3, 0.4) is 0 Å². The average molecular weight is 453 g/mol. The molecule has 0 atom stereocenters. The lowest BCUT2D eigenvalue weighted by atomic mass is 10.0. The van der Waals surface area contributed by atoms with E-state index < -0.39 is 0 Å². The molecule has 0 aliphatic heterocycles. The van der Waals surface area contributed by atoms with E-state index in [1.165, 1.54) is 96.3 Å². The molecule has 0 aliphatic carbocycles. The highest BCUT2D eigenvalue weighted by Gasteiger charge is 2.01. The first kappa shape index (κ1) is 32.6. The third kappa shape index (κ3) is 26.5. The molecule has 0 aromatic rings. The van der Waals surface area contributed by atoms with Crippen molar-refractivity contribution in [3.05, 3.63) is 24.3 Å². The van der Waals surface area contributed by atoms with Gasteiger partial charge in [-0.15, -0.1) is 0 Å². The molecule has 0 aromatic carbocycles. The van der Waals surface area contributed by atoms with Crippen molar-refractivity contribution in [1.82, 2.24) is 0 Å². The van der Waals surface area contributed by atoms with Crippen LogP contribution in [0.5, 0.6) is 0 Å². The van der Waals surface area contributed by atoms with Crippen molar-refractivity contribution in [2.24, 2.45) is 0 Å². The van der Waals surface area contributed by atoms with Gasteiger partial charge in [0.05, 0.1) is 13.2 Å². The summed E-state index contributed by atoms with van der Waals surface area (Å²) in [6.45, 7) is 15.3. The number of rotatable bonds is 20. The number of hydrogen-bond donors (Lipinski definition) is 0. The first-order valence-electron chi connectivity index (χ1n) is 13.0. The third-order valence-electron chi connectivity index (χ3n) is 5.20. The van der Waals surface area contributed by atoms with Gasteiger partial charge in [-0.05, 0) is 27.2 Å². The molecule has 0 spiro atoms. The molecule has 0 radical (unpaired) electrons. The molecule has 0 aromatic heterocycles. The van der Waals surface area contributed by atoms with Crippen LogP contribution in [-0.4, -0.2) is 25.2 Å². The Kier molecular flexibility index (Phi) is 26.2. The summed E-state index contributed by atoms with van der Waals surface area (Å²) in [5, 5.41) is 0. The standard InChI is InChI=1S/C22H42O2.C6H10O2/c1-4-5-6-7-8-9-10-11-12-13-14-15-16-17-18-19-20-24-22(23)21(2)3;1-4-8-6(7)5(2)3/h2,4-20H2,1,3H3;2,4H2,1,3H3. The van der Waals surface area contributed by atoms with Gasteiger partial charge >= 0.3 is 11.9 Å². The molecule has 0 unspecified atom stereocenters. The van der Waals surface area contributed by atoms with E-state index >= 15 is 0 Å². The fourth-order valence-corrected chi connectivity index (χ4v) is 3.19. The van der Waals surface area contributed by atoms with Crippen LogP contribution in [0.2, 0.25) is 0 Å². The Morgan fingerprint density at radius 3 is 1.12 bits per heavy atom. The minimum Gasteiger partial charge on any atom is -0.463 e. The summed E-state index contributed by atoms with van der Waals surface area (Å²) in [6, 6.07) is 0. The van der Waals surface area contributed by atoms with Gasteiger partial charge in [-0.1, -0.05) is 116 Å². The van der Waals surface area contributed by atoms with E-state index in [1.54, 1.807) is 20.8 Å². The summed E-state index contributed by atoms with van der Waals surface area (Å²) < 4.78 is 9.65. The van der Waals surface area contributed by atoms with Gasteiger partial charge in [0.15, 0.2) is 0 Å². The van der Waals surface area contributed by atoms with Gasteiger partial charge in [0.1, 0.15) is 0 Å². The average Bonchev–Trinajstić information content (AvgIpc) is 2.76. The normalized spacial score (nSPS) is 10.1. The molecule has 0 saturated carbocycles. The van der Waals surface area contributed by atoms with Gasteiger partial charge in [0.2, 0.25) is 0 Å². The minimum absolute atomic E-state index is 0.254. The number of esters is 2. The Balaban J connectivity index is 0. The van der Waals surface area contributed by atoms with Gasteiger partial charge in [0, 0.05) is 11.1 Å². The van der Waals surface area contributed by atoms with Crippen LogP contribution >= 0.6 is 0 Å². The van der Waals surface area contributed by atoms with Gasteiger partial charge in [-0.3, -0.25) is 0 Å². The van der Waals surface area contributed by atoms with E-state index in [0.717, 1.165) is 6.42 Å². The number of carbonyl (C=O) groups is 2. The maximum absolute atomic E-state index is 11.2. The maximum atomic E-state index is 11.2. The molecule has 32 heavy (non-hydrogen) atoms. The van der Waals surface area contributed by atoms with Crippen molar-refractivity contribution in [2.45, 2.75) is 130 Å². The van der Waals surface area contributed by atoms with Crippen molar-refractivity contribution in [1.29, 1.82) is 0 Å². The van der Waals surface area contributed by atoms with Crippen molar-refractivity contribution in [3.63, 3.8) is 0 Å². The number of hydrogen-bond acceptors (Lipinski definition) is 4. The van der Waals surface area contributed by atoms with Crippen molar-refractivity contribution < 1.29 is 19.1 Å². The number of carbonyl (C=O) groups excluding carboxylic acids is 2. The monoisotopic (exact) mass is 452 g/mol. The molecule has 0 saturated heterocycles. The van der Waals surface area contributed by atoms with Crippen LogP contribution in [0.15, 0.2) is 24.3 Å². The topological polar surface area (TPSA) is 52.6 Å². The summed E-state index contributed by atoms with van der Waals surface area (Å²) in [6.07, 6.45) is 21.7. The van der Waals surface area contributed by atoms with E-state index in [1.807, 2.05) is 0 Å². The van der Waals surface area contributed by atoms with Gasteiger partial charge in [-0.2, -0.15) is 0 Å².